The Balaban J connectivity index is 4.53. The molecule has 0 aromatic rings. The van der Waals surface area contributed by atoms with Gasteiger partial charge in [-0.3, -0.25) is 14.4 Å². The number of rotatable bonds is 7. The molecule has 7 heteroatoms. The molecule has 0 bridgehead atoms. The molecule has 0 aliphatic heterocycles. The minimum Gasteiger partial charge on any atom is -0.481 e. The normalized spacial score (nSPS) is 12.2. The molecule has 0 saturated carbocycles. The molecule has 7 nitrogen and oxygen atoms in total. The van der Waals surface area contributed by atoms with Gasteiger partial charge in [-0.25, -0.2) is 0 Å². The van der Waals surface area contributed by atoms with E-state index in [4.69, 9.17) is 16.6 Å². The van der Waals surface area contributed by atoms with Gasteiger partial charge in [-0.2, -0.15) is 0 Å². The SMILES string of the molecule is CC(C)N(CCC(=O)O)C(=O)C(N)CC(N)=O. The molecule has 17 heavy (non-hydrogen) atoms. The number of amides is 2. The van der Waals surface area contributed by atoms with Crippen molar-refractivity contribution in [1.29, 1.82) is 0 Å². The van der Waals surface area contributed by atoms with Crippen LogP contribution in [0.15, 0.2) is 0 Å². The third kappa shape index (κ3) is 5.86. The van der Waals surface area contributed by atoms with Crippen LogP contribution in [0.2, 0.25) is 0 Å². The van der Waals surface area contributed by atoms with E-state index in [1.807, 2.05) is 0 Å². The van der Waals surface area contributed by atoms with Gasteiger partial charge < -0.3 is 21.5 Å². The topological polar surface area (TPSA) is 127 Å². The summed E-state index contributed by atoms with van der Waals surface area (Å²) < 4.78 is 0. The summed E-state index contributed by atoms with van der Waals surface area (Å²) in [4.78, 5) is 34.3. The molecule has 1 unspecified atom stereocenters. The van der Waals surface area contributed by atoms with Crippen molar-refractivity contribution in [1.82, 2.24) is 4.90 Å². The van der Waals surface area contributed by atoms with Crippen LogP contribution in [0.4, 0.5) is 0 Å². The van der Waals surface area contributed by atoms with Crippen LogP contribution in [-0.4, -0.2) is 46.4 Å². The summed E-state index contributed by atoms with van der Waals surface area (Å²) in [5.41, 5.74) is 10.5. The van der Waals surface area contributed by atoms with Crippen LogP contribution in [0, 0.1) is 0 Å². The number of hydrogen-bond acceptors (Lipinski definition) is 4. The van der Waals surface area contributed by atoms with Gasteiger partial charge in [-0.15, -0.1) is 0 Å². The van der Waals surface area contributed by atoms with Gasteiger partial charge in [-0.05, 0) is 13.8 Å². The maximum atomic E-state index is 11.8. The quantitative estimate of drug-likeness (QED) is 0.524. The number of carbonyl (C=O) groups is 3. The average molecular weight is 245 g/mol. The van der Waals surface area contributed by atoms with Crippen molar-refractivity contribution in [3.63, 3.8) is 0 Å². The Hall–Kier alpha value is -1.63. The Labute approximate surface area is 99.7 Å². The number of carbonyl (C=O) groups excluding carboxylic acids is 2. The highest BCUT2D eigenvalue weighted by Gasteiger charge is 2.24. The third-order valence-electron chi connectivity index (χ3n) is 2.21. The molecule has 0 aliphatic rings. The summed E-state index contributed by atoms with van der Waals surface area (Å²) in [6.45, 7) is 3.56. The largest absolute Gasteiger partial charge is 0.481 e. The van der Waals surface area contributed by atoms with Crippen molar-refractivity contribution in [2.24, 2.45) is 11.5 Å². The maximum absolute atomic E-state index is 11.8. The Kier molecular flexibility index (Phi) is 6.19. The first-order chi connectivity index (χ1) is 7.75. The van der Waals surface area contributed by atoms with E-state index in [0.29, 0.717) is 0 Å². The number of hydrogen-bond donors (Lipinski definition) is 3. The van der Waals surface area contributed by atoms with E-state index in [9.17, 15) is 14.4 Å². The van der Waals surface area contributed by atoms with E-state index in [-0.39, 0.29) is 25.4 Å². The van der Waals surface area contributed by atoms with Gasteiger partial charge in [-0.1, -0.05) is 0 Å². The zero-order valence-electron chi connectivity index (χ0n) is 10.0. The summed E-state index contributed by atoms with van der Waals surface area (Å²) in [6.07, 6.45) is -0.400. The van der Waals surface area contributed by atoms with E-state index in [0.717, 1.165) is 0 Å². The molecule has 0 rings (SSSR count). The van der Waals surface area contributed by atoms with Gasteiger partial charge in [0.15, 0.2) is 0 Å². The van der Waals surface area contributed by atoms with Crippen molar-refractivity contribution < 1.29 is 19.5 Å². The Morgan fingerprint density at radius 1 is 1.29 bits per heavy atom. The predicted octanol–water partition coefficient (Wildman–Crippen LogP) is -1.10. The van der Waals surface area contributed by atoms with E-state index in [1.165, 1.54) is 4.90 Å². The second-order valence-corrected chi connectivity index (χ2v) is 4.05. The Bertz CT molecular complexity index is 304. The summed E-state index contributed by atoms with van der Waals surface area (Å²) in [7, 11) is 0. The van der Waals surface area contributed by atoms with Crippen molar-refractivity contribution in [2.45, 2.75) is 38.8 Å². The van der Waals surface area contributed by atoms with Gasteiger partial charge in [0.2, 0.25) is 11.8 Å². The minimum absolute atomic E-state index is 0.0678. The first-order valence-corrected chi connectivity index (χ1v) is 5.31. The first-order valence-electron chi connectivity index (χ1n) is 5.31. The van der Waals surface area contributed by atoms with E-state index < -0.39 is 23.8 Å². The fourth-order valence-corrected chi connectivity index (χ4v) is 1.36. The number of nitrogens with zero attached hydrogens (tertiary/aromatic N) is 1. The van der Waals surface area contributed by atoms with Gasteiger partial charge in [0, 0.05) is 12.6 Å². The van der Waals surface area contributed by atoms with Crippen LogP contribution in [0.3, 0.4) is 0 Å². The third-order valence-corrected chi connectivity index (χ3v) is 2.21. The second kappa shape index (κ2) is 6.85. The molecule has 5 N–H and O–H groups in total. The molecule has 0 aliphatic carbocycles. The summed E-state index contributed by atoms with van der Waals surface area (Å²) in [5, 5.41) is 8.57. The number of nitrogens with two attached hydrogens (primary N) is 2. The molecule has 2 amide bonds. The Morgan fingerprint density at radius 2 is 1.82 bits per heavy atom. The predicted molar refractivity (Wildman–Crippen MR) is 60.9 cm³/mol. The highest BCUT2D eigenvalue weighted by Crippen LogP contribution is 2.04. The van der Waals surface area contributed by atoms with Crippen LogP contribution in [0.25, 0.3) is 0 Å². The van der Waals surface area contributed by atoms with Crippen molar-refractivity contribution in [3.05, 3.63) is 0 Å². The molecule has 0 aromatic heterocycles. The average Bonchev–Trinajstić information content (AvgIpc) is 2.15. The smallest absolute Gasteiger partial charge is 0.305 e. The van der Waals surface area contributed by atoms with Crippen LogP contribution < -0.4 is 11.5 Å². The van der Waals surface area contributed by atoms with Gasteiger partial charge in [0.1, 0.15) is 0 Å². The Morgan fingerprint density at radius 3 is 2.18 bits per heavy atom. The number of aliphatic carboxylic acids is 1. The molecule has 0 fully saturated rings. The molecule has 0 spiro atoms. The molecule has 98 valence electrons. The molecular weight excluding hydrogens is 226 g/mol. The highest BCUT2D eigenvalue weighted by atomic mass is 16.4. The summed E-state index contributed by atoms with van der Waals surface area (Å²) in [5.74, 6) is -2.11. The molecule has 1 atom stereocenters. The lowest BCUT2D eigenvalue weighted by Crippen LogP contribution is -2.49. The van der Waals surface area contributed by atoms with Gasteiger partial charge in [0.05, 0.1) is 18.9 Å². The van der Waals surface area contributed by atoms with E-state index >= 15 is 0 Å². The van der Waals surface area contributed by atoms with Crippen LogP contribution in [0.1, 0.15) is 26.7 Å². The lowest BCUT2D eigenvalue weighted by atomic mass is 10.1. The minimum atomic E-state index is -1.01. The molecule has 0 saturated heterocycles. The van der Waals surface area contributed by atoms with Crippen molar-refractivity contribution >= 4 is 17.8 Å². The molecule has 0 aromatic carbocycles. The molecule has 0 radical (unpaired) electrons. The van der Waals surface area contributed by atoms with Crippen molar-refractivity contribution in [3.8, 4) is 0 Å². The molecular formula is C10H19N3O4. The lowest BCUT2D eigenvalue weighted by molar-refractivity contribution is -0.140. The zero-order valence-corrected chi connectivity index (χ0v) is 10.0. The maximum Gasteiger partial charge on any atom is 0.305 e. The number of carboxylic acid groups (broad SMARTS) is 1. The van der Waals surface area contributed by atoms with Crippen molar-refractivity contribution in [2.75, 3.05) is 6.54 Å². The second-order valence-electron chi connectivity index (χ2n) is 4.05. The molecule has 0 heterocycles. The monoisotopic (exact) mass is 245 g/mol. The lowest BCUT2D eigenvalue weighted by Gasteiger charge is -2.28. The summed E-state index contributed by atoms with van der Waals surface area (Å²) >= 11 is 0. The van der Waals surface area contributed by atoms with Gasteiger partial charge in [0.25, 0.3) is 0 Å². The van der Waals surface area contributed by atoms with E-state index in [1.54, 1.807) is 13.8 Å². The number of primary amides is 1. The fraction of sp³-hybridized carbons (Fsp3) is 0.700. The van der Waals surface area contributed by atoms with Crippen LogP contribution in [0.5, 0.6) is 0 Å². The zero-order chi connectivity index (χ0) is 13.6. The number of carboxylic acids is 1. The van der Waals surface area contributed by atoms with Gasteiger partial charge >= 0.3 is 5.97 Å². The van der Waals surface area contributed by atoms with E-state index in [2.05, 4.69) is 0 Å². The van der Waals surface area contributed by atoms with Crippen LogP contribution in [-0.2, 0) is 14.4 Å². The standard InChI is InChI=1S/C10H19N3O4/c1-6(2)13(4-3-9(15)16)10(17)7(11)5-8(12)14/h6-7H,3-5,11H2,1-2H3,(H2,12,14)(H,15,16). The summed E-state index contributed by atoms with van der Waals surface area (Å²) in [6, 6.07) is -1.19. The van der Waals surface area contributed by atoms with Crippen LogP contribution >= 0.6 is 0 Å². The fourth-order valence-electron chi connectivity index (χ4n) is 1.36. The highest BCUT2D eigenvalue weighted by molar-refractivity contribution is 5.87. The first kappa shape index (κ1) is 15.4.